The summed E-state index contributed by atoms with van der Waals surface area (Å²) in [5.41, 5.74) is 4.08. The molecule has 0 amide bonds. The molecule has 0 saturated heterocycles. The zero-order chi connectivity index (χ0) is 11.9. The highest BCUT2D eigenvalue weighted by Crippen LogP contribution is 2.32. The lowest BCUT2D eigenvalue weighted by Gasteiger charge is -2.03. The lowest BCUT2D eigenvalue weighted by atomic mass is 10.0. The minimum absolute atomic E-state index is 0.868. The lowest BCUT2D eigenvalue weighted by molar-refractivity contribution is 0.615. The van der Waals surface area contributed by atoms with Crippen LogP contribution in [0.15, 0.2) is 59.5 Å². The van der Waals surface area contributed by atoms with E-state index in [9.17, 15) is 0 Å². The van der Waals surface area contributed by atoms with Crippen molar-refractivity contribution in [1.29, 1.82) is 0 Å². The molecule has 0 radical (unpaired) electrons. The minimum atomic E-state index is 0.868. The molecule has 4 aromatic rings. The smallest absolute Gasteiger partial charge is 0.137 e. The van der Waals surface area contributed by atoms with Crippen LogP contribution < -0.4 is 0 Å². The fourth-order valence-electron chi connectivity index (χ4n) is 2.40. The average Bonchev–Trinajstić information content (AvgIpc) is 3.06. The van der Waals surface area contributed by atoms with Crippen molar-refractivity contribution < 1.29 is 4.42 Å². The zero-order valence-corrected chi connectivity index (χ0v) is 9.55. The van der Waals surface area contributed by atoms with Gasteiger partial charge in [-0.15, -0.1) is 0 Å². The molecule has 0 saturated carbocycles. The highest BCUT2D eigenvalue weighted by molar-refractivity contribution is 6.01. The maximum absolute atomic E-state index is 5.43. The number of H-pyrrole nitrogens is 1. The molecule has 0 fully saturated rings. The number of hydrogen-bond donors (Lipinski definition) is 1. The topological polar surface area (TPSA) is 41.8 Å². The largest absolute Gasteiger partial charge is 0.464 e. The van der Waals surface area contributed by atoms with Crippen molar-refractivity contribution in [2.45, 2.75) is 0 Å². The summed E-state index contributed by atoms with van der Waals surface area (Å²) in [4.78, 5) is 7.73. The van der Waals surface area contributed by atoms with Gasteiger partial charge in [0.15, 0.2) is 0 Å². The summed E-state index contributed by atoms with van der Waals surface area (Å²) in [6.07, 6.45) is 5.43. The maximum Gasteiger partial charge on any atom is 0.137 e. The molecule has 0 unspecified atom stereocenters. The molecule has 3 nitrogen and oxygen atoms in total. The van der Waals surface area contributed by atoms with E-state index in [1.165, 1.54) is 5.39 Å². The quantitative estimate of drug-likeness (QED) is 0.541. The molecular formula is C15H10N2O. The molecule has 0 atom stereocenters. The second-order valence-corrected chi connectivity index (χ2v) is 4.24. The van der Waals surface area contributed by atoms with Crippen LogP contribution in [-0.4, -0.2) is 9.97 Å². The van der Waals surface area contributed by atoms with Gasteiger partial charge in [0.05, 0.1) is 12.0 Å². The van der Waals surface area contributed by atoms with Crippen LogP contribution in [0.25, 0.3) is 33.1 Å². The number of nitrogens with one attached hydrogen (secondary N) is 1. The van der Waals surface area contributed by atoms with E-state index in [1.54, 1.807) is 12.5 Å². The molecule has 0 bridgehead atoms. The van der Waals surface area contributed by atoms with Gasteiger partial charge in [0.2, 0.25) is 0 Å². The number of rotatable bonds is 1. The van der Waals surface area contributed by atoms with Gasteiger partial charge in [-0.25, -0.2) is 0 Å². The fraction of sp³-hybridized carbons (Fsp3) is 0. The Balaban J connectivity index is 2.13. The molecule has 3 heterocycles. The van der Waals surface area contributed by atoms with Crippen molar-refractivity contribution >= 4 is 21.9 Å². The van der Waals surface area contributed by atoms with E-state index >= 15 is 0 Å². The van der Waals surface area contributed by atoms with E-state index in [4.69, 9.17) is 4.42 Å². The summed E-state index contributed by atoms with van der Waals surface area (Å²) < 4.78 is 5.43. The number of furan rings is 1. The summed E-state index contributed by atoms with van der Waals surface area (Å²) in [7, 11) is 0. The molecule has 3 heteroatoms. The van der Waals surface area contributed by atoms with Crippen molar-refractivity contribution in [1.82, 2.24) is 9.97 Å². The molecule has 18 heavy (non-hydrogen) atoms. The van der Waals surface area contributed by atoms with Gasteiger partial charge in [0.1, 0.15) is 5.58 Å². The number of aromatic nitrogens is 2. The van der Waals surface area contributed by atoms with E-state index in [2.05, 4.69) is 28.2 Å². The van der Waals surface area contributed by atoms with Crippen LogP contribution in [0.2, 0.25) is 0 Å². The van der Waals surface area contributed by atoms with Gasteiger partial charge in [-0.3, -0.25) is 4.98 Å². The molecule has 0 aliphatic rings. The van der Waals surface area contributed by atoms with E-state index < -0.39 is 0 Å². The van der Waals surface area contributed by atoms with Crippen molar-refractivity contribution in [2.24, 2.45) is 0 Å². The van der Waals surface area contributed by atoms with E-state index in [0.29, 0.717) is 0 Å². The molecule has 1 aromatic carbocycles. The van der Waals surface area contributed by atoms with Gasteiger partial charge in [0.25, 0.3) is 0 Å². The Hall–Kier alpha value is -2.55. The third-order valence-electron chi connectivity index (χ3n) is 3.23. The maximum atomic E-state index is 5.43. The van der Waals surface area contributed by atoms with Crippen LogP contribution in [0.3, 0.4) is 0 Å². The SMILES string of the molecule is c1cc(-c2nccc3occc23)c2cc[nH]c2c1. The molecule has 1 N–H and O–H groups in total. The third kappa shape index (κ3) is 1.21. The normalized spacial score (nSPS) is 11.3. The monoisotopic (exact) mass is 234 g/mol. The summed E-state index contributed by atoms with van der Waals surface area (Å²) in [5, 5.41) is 2.23. The Bertz CT molecular complexity index is 770. The van der Waals surface area contributed by atoms with Crippen molar-refractivity contribution in [3.05, 3.63) is 55.1 Å². The summed E-state index contributed by atoms with van der Waals surface area (Å²) in [6, 6.07) is 12.1. The van der Waals surface area contributed by atoms with Crippen LogP contribution in [0.1, 0.15) is 0 Å². The second kappa shape index (κ2) is 3.47. The number of pyridine rings is 1. The Kier molecular flexibility index (Phi) is 1.83. The molecule has 3 aromatic heterocycles. The van der Waals surface area contributed by atoms with Crippen LogP contribution in [0.4, 0.5) is 0 Å². The van der Waals surface area contributed by atoms with Crippen molar-refractivity contribution in [3.63, 3.8) is 0 Å². The van der Waals surface area contributed by atoms with Crippen molar-refractivity contribution in [3.8, 4) is 11.3 Å². The Labute approximate surface area is 103 Å². The Morgan fingerprint density at radius 3 is 3.00 bits per heavy atom. The second-order valence-electron chi connectivity index (χ2n) is 4.24. The molecule has 0 aliphatic heterocycles. The van der Waals surface area contributed by atoms with E-state index in [-0.39, 0.29) is 0 Å². The van der Waals surface area contributed by atoms with Crippen LogP contribution in [0, 0.1) is 0 Å². The standard InChI is InChI=1S/C15H10N2O/c1-2-11(10-4-7-16-13(10)3-1)15-12-6-9-18-14(12)5-8-17-15/h1-9,16H. The average molecular weight is 234 g/mol. The first-order valence-corrected chi connectivity index (χ1v) is 5.82. The number of aromatic amines is 1. The van der Waals surface area contributed by atoms with Crippen LogP contribution in [0.5, 0.6) is 0 Å². The van der Waals surface area contributed by atoms with Gasteiger partial charge in [-0.2, -0.15) is 0 Å². The molecular weight excluding hydrogens is 224 g/mol. The predicted molar refractivity (Wildman–Crippen MR) is 71.3 cm³/mol. The van der Waals surface area contributed by atoms with E-state index in [1.807, 2.05) is 24.4 Å². The summed E-state index contributed by atoms with van der Waals surface area (Å²) in [6.45, 7) is 0. The fourth-order valence-corrected chi connectivity index (χ4v) is 2.40. The Morgan fingerprint density at radius 2 is 2.00 bits per heavy atom. The highest BCUT2D eigenvalue weighted by atomic mass is 16.3. The van der Waals surface area contributed by atoms with Gasteiger partial charge < -0.3 is 9.40 Å². The third-order valence-corrected chi connectivity index (χ3v) is 3.23. The number of hydrogen-bond acceptors (Lipinski definition) is 2. The van der Waals surface area contributed by atoms with Gasteiger partial charge >= 0.3 is 0 Å². The summed E-state index contributed by atoms with van der Waals surface area (Å²) >= 11 is 0. The van der Waals surface area contributed by atoms with Gasteiger partial charge in [0, 0.05) is 34.2 Å². The number of benzene rings is 1. The zero-order valence-electron chi connectivity index (χ0n) is 9.55. The predicted octanol–water partition coefficient (Wildman–Crippen LogP) is 3.98. The van der Waals surface area contributed by atoms with E-state index in [0.717, 1.165) is 27.7 Å². The Morgan fingerprint density at radius 1 is 1.00 bits per heavy atom. The first-order valence-electron chi connectivity index (χ1n) is 5.82. The lowest BCUT2D eigenvalue weighted by Crippen LogP contribution is -1.84. The van der Waals surface area contributed by atoms with Crippen molar-refractivity contribution in [2.75, 3.05) is 0 Å². The molecule has 4 rings (SSSR count). The molecule has 0 spiro atoms. The number of fused-ring (bicyclic) bond motifs is 2. The molecule has 0 aliphatic carbocycles. The summed E-state index contributed by atoms with van der Waals surface area (Å²) in [5.74, 6) is 0. The highest BCUT2D eigenvalue weighted by Gasteiger charge is 2.10. The molecule has 86 valence electrons. The van der Waals surface area contributed by atoms with Crippen LogP contribution >= 0.6 is 0 Å². The number of nitrogens with zero attached hydrogens (tertiary/aromatic N) is 1. The van der Waals surface area contributed by atoms with Gasteiger partial charge in [-0.05, 0) is 24.3 Å². The van der Waals surface area contributed by atoms with Gasteiger partial charge in [-0.1, -0.05) is 12.1 Å². The first-order chi connectivity index (χ1) is 8.93. The minimum Gasteiger partial charge on any atom is -0.464 e. The first kappa shape index (κ1) is 9.48. The van der Waals surface area contributed by atoms with Crippen LogP contribution in [-0.2, 0) is 0 Å².